The molecular formula is C14H17N3O4. The highest BCUT2D eigenvalue weighted by atomic mass is 16.4. The van der Waals surface area contributed by atoms with Crippen molar-refractivity contribution >= 4 is 23.5 Å². The molecule has 2 amide bonds. The highest BCUT2D eigenvalue weighted by Crippen LogP contribution is 2.32. The van der Waals surface area contributed by atoms with Gasteiger partial charge in [-0.15, -0.1) is 0 Å². The highest BCUT2D eigenvalue weighted by Gasteiger charge is 2.23. The zero-order valence-corrected chi connectivity index (χ0v) is 11.4. The van der Waals surface area contributed by atoms with Crippen LogP contribution in [0.5, 0.6) is 0 Å². The zero-order valence-electron chi connectivity index (χ0n) is 11.4. The fourth-order valence-corrected chi connectivity index (χ4v) is 2.25. The third kappa shape index (κ3) is 4.20. The summed E-state index contributed by atoms with van der Waals surface area (Å²) in [5, 5.41) is 16.3. The van der Waals surface area contributed by atoms with Crippen LogP contribution in [0.4, 0.5) is 5.69 Å². The second kappa shape index (κ2) is 6.74. The molecule has 1 aromatic carbocycles. The van der Waals surface area contributed by atoms with Gasteiger partial charge in [-0.3, -0.25) is 14.4 Å². The van der Waals surface area contributed by atoms with Crippen LogP contribution in [-0.2, 0) is 14.4 Å². The van der Waals surface area contributed by atoms with E-state index in [1.807, 2.05) is 24.3 Å². The fraction of sp³-hybridized carbons (Fsp3) is 0.357. The van der Waals surface area contributed by atoms with Crippen LogP contribution in [-0.4, -0.2) is 42.5 Å². The molecule has 21 heavy (non-hydrogen) atoms. The first-order valence-corrected chi connectivity index (χ1v) is 6.64. The lowest BCUT2D eigenvalue weighted by atomic mass is 9.97. The summed E-state index contributed by atoms with van der Waals surface area (Å²) in [6, 6.07) is 7.80. The molecule has 0 saturated carbocycles. The number of hydrogen-bond acceptors (Lipinski definition) is 4. The molecule has 0 bridgehead atoms. The van der Waals surface area contributed by atoms with Crippen LogP contribution in [0.1, 0.15) is 17.9 Å². The average Bonchev–Trinajstić information content (AvgIpc) is 2.86. The molecule has 4 N–H and O–H groups in total. The number of amides is 2. The smallest absolute Gasteiger partial charge is 0.322 e. The van der Waals surface area contributed by atoms with E-state index in [1.165, 1.54) is 0 Å². The summed E-state index contributed by atoms with van der Waals surface area (Å²) in [5.41, 5.74) is 2.14. The van der Waals surface area contributed by atoms with Gasteiger partial charge in [0.25, 0.3) is 0 Å². The number of carbonyl (C=O) groups excluding carboxylic acids is 2. The molecule has 0 spiro atoms. The highest BCUT2D eigenvalue weighted by molar-refractivity contribution is 5.87. The van der Waals surface area contributed by atoms with E-state index in [2.05, 4.69) is 16.0 Å². The van der Waals surface area contributed by atoms with Crippen LogP contribution in [0.2, 0.25) is 0 Å². The minimum Gasteiger partial charge on any atom is -0.480 e. The van der Waals surface area contributed by atoms with Gasteiger partial charge in [-0.2, -0.15) is 0 Å². The van der Waals surface area contributed by atoms with Crippen LogP contribution in [0.25, 0.3) is 0 Å². The Labute approximate surface area is 121 Å². The average molecular weight is 291 g/mol. The van der Waals surface area contributed by atoms with Gasteiger partial charge in [0, 0.05) is 24.6 Å². The molecule has 0 aliphatic carbocycles. The summed E-state index contributed by atoms with van der Waals surface area (Å²) in [5.74, 6) is -1.79. The van der Waals surface area contributed by atoms with E-state index in [0.29, 0.717) is 6.54 Å². The molecule has 1 unspecified atom stereocenters. The Bertz CT molecular complexity index is 559. The molecular weight excluding hydrogens is 274 g/mol. The van der Waals surface area contributed by atoms with Gasteiger partial charge in [0.1, 0.15) is 6.54 Å². The maximum atomic E-state index is 11.8. The maximum absolute atomic E-state index is 11.8. The molecule has 2 rings (SSSR count). The van der Waals surface area contributed by atoms with Crippen molar-refractivity contribution in [2.45, 2.75) is 12.3 Å². The number of fused-ring (bicyclic) bond motifs is 1. The monoisotopic (exact) mass is 291 g/mol. The van der Waals surface area contributed by atoms with Crippen molar-refractivity contribution in [1.29, 1.82) is 0 Å². The van der Waals surface area contributed by atoms with Gasteiger partial charge >= 0.3 is 5.97 Å². The predicted molar refractivity (Wildman–Crippen MR) is 75.9 cm³/mol. The lowest BCUT2D eigenvalue weighted by Gasteiger charge is -2.10. The number of anilines is 1. The molecule has 1 aliphatic heterocycles. The fourth-order valence-electron chi connectivity index (χ4n) is 2.25. The van der Waals surface area contributed by atoms with Gasteiger partial charge in [0.15, 0.2) is 0 Å². The Balaban J connectivity index is 1.76. The SMILES string of the molecule is O=C(O)CNC(=O)CNC(=O)CC1CNc2ccccc21. The molecule has 0 saturated heterocycles. The summed E-state index contributed by atoms with van der Waals surface area (Å²) < 4.78 is 0. The predicted octanol–water partition coefficient (Wildman–Crippen LogP) is -0.0972. The summed E-state index contributed by atoms with van der Waals surface area (Å²) >= 11 is 0. The van der Waals surface area contributed by atoms with Gasteiger partial charge in [0.05, 0.1) is 6.54 Å². The summed E-state index contributed by atoms with van der Waals surface area (Å²) in [6.45, 7) is 0.0283. The van der Waals surface area contributed by atoms with Crippen molar-refractivity contribution < 1.29 is 19.5 Å². The van der Waals surface area contributed by atoms with Crippen LogP contribution in [0.3, 0.4) is 0 Å². The number of carboxylic acid groups (broad SMARTS) is 1. The van der Waals surface area contributed by atoms with Crippen molar-refractivity contribution in [3.8, 4) is 0 Å². The second-order valence-electron chi connectivity index (χ2n) is 4.82. The topological polar surface area (TPSA) is 108 Å². The second-order valence-corrected chi connectivity index (χ2v) is 4.82. The molecule has 1 heterocycles. The lowest BCUT2D eigenvalue weighted by molar-refractivity contribution is -0.137. The van der Waals surface area contributed by atoms with E-state index in [0.717, 1.165) is 11.3 Å². The first-order chi connectivity index (χ1) is 10.1. The van der Waals surface area contributed by atoms with Crippen LogP contribution >= 0.6 is 0 Å². The Morgan fingerprint density at radius 2 is 1.86 bits per heavy atom. The van der Waals surface area contributed by atoms with Crippen LogP contribution in [0.15, 0.2) is 24.3 Å². The molecule has 112 valence electrons. The summed E-state index contributed by atoms with van der Waals surface area (Å²) in [7, 11) is 0. The maximum Gasteiger partial charge on any atom is 0.322 e. The number of benzene rings is 1. The Morgan fingerprint density at radius 3 is 2.62 bits per heavy atom. The first-order valence-electron chi connectivity index (χ1n) is 6.64. The van der Waals surface area contributed by atoms with E-state index in [-0.39, 0.29) is 24.8 Å². The largest absolute Gasteiger partial charge is 0.480 e. The number of hydrogen-bond donors (Lipinski definition) is 4. The van der Waals surface area contributed by atoms with Gasteiger partial charge < -0.3 is 21.1 Å². The van der Waals surface area contributed by atoms with Gasteiger partial charge in [0.2, 0.25) is 11.8 Å². The third-order valence-corrected chi connectivity index (χ3v) is 3.25. The van der Waals surface area contributed by atoms with E-state index in [4.69, 9.17) is 5.11 Å². The molecule has 0 fully saturated rings. The summed E-state index contributed by atoms with van der Waals surface area (Å²) in [6.07, 6.45) is 0.288. The van der Waals surface area contributed by atoms with Gasteiger partial charge in [-0.05, 0) is 11.6 Å². The third-order valence-electron chi connectivity index (χ3n) is 3.25. The molecule has 1 aromatic rings. The molecule has 7 heteroatoms. The number of carboxylic acids is 1. The Morgan fingerprint density at radius 1 is 1.14 bits per heavy atom. The van der Waals surface area contributed by atoms with E-state index in [9.17, 15) is 14.4 Å². The summed E-state index contributed by atoms with van der Waals surface area (Å²) in [4.78, 5) is 33.4. The Kier molecular flexibility index (Phi) is 4.76. The number of nitrogens with one attached hydrogen (secondary N) is 3. The van der Waals surface area contributed by atoms with Crippen LogP contribution in [0, 0.1) is 0 Å². The van der Waals surface area contributed by atoms with Gasteiger partial charge in [-0.25, -0.2) is 0 Å². The molecule has 1 aliphatic rings. The van der Waals surface area contributed by atoms with Gasteiger partial charge in [-0.1, -0.05) is 18.2 Å². The lowest BCUT2D eigenvalue weighted by Crippen LogP contribution is -2.39. The van der Waals surface area contributed by atoms with Crippen molar-refractivity contribution in [3.63, 3.8) is 0 Å². The van der Waals surface area contributed by atoms with E-state index >= 15 is 0 Å². The molecule has 1 atom stereocenters. The first kappa shape index (κ1) is 14.8. The molecule has 0 radical (unpaired) electrons. The minimum absolute atomic E-state index is 0.0864. The van der Waals surface area contributed by atoms with Crippen molar-refractivity contribution in [1.82, 2.24) is 10.6 Å². The van der Waals surface area contributed by atoms with Crippen molar-refractivity contribution in [2.75, 3.05) is 25.0 Å². The molecule has 7 nitrogen and oxygen atoms in total. The van der Waals surface area contributed by atoms with E-state index in [1.54, 1.807) is 0 Å². The van der Waals surface area contributed by atoms with Crippen molar-refractivity contribution in [3.05, 3.63) is 29.8 Å². The number of rotatable bonds is 6. The normalized spacial score (nSPS) is 15.7. The number of carbonyl (C=O) groups is 3. The Hall–Kier alpha value is -2.57. The minimum atomic E-state index is -1.12. The standard InChI is InChI=1S/C14H17N3O4/c18-12(16-7-13(19)17-8-14(20)21)5-9-6-15-11-4-2-1-3-10(9)11/h1-4,9,15H,5-8H2,(H,16,18)(H,17,19)(H,20,21). The number of aliphatic carboxylic acids is 1. The van der Waals surface area contributed by atoms with Crippen molar-refractivity contribution in [2.24, 2.45) is 0 Å². The van der Waals surface area contributed by atoms with E-state index < -0.39 is 18.4 Å². The quantitative estimate of drug-likeness (QED) is 0.585. The number of para-hydroxylation sites is 1. The van der Waals surface area contributed by atoms with Crippen LogP contribution < -0.4 is 16.0 Å². The zero-order chi connectivity index (χ0) is 15.2. The molecule has 0 aromatic heterocycles.